The van der Waals surface area contributed by atoms with E-state index in [1.807, 2.05) is 24.3 Å². The largest absolute Gasteiger partial charge is 0.369 e. The molecule has 1 aliphatic heterocycles. The van der Waals surface area contributed by atoms with E-state index in [4.69, 9.17) is 33.2 Å². The zero-order valence-electron chi connectivity index (χ0n) is 25.8. The third kappa shape index (κ3) is 8.46. The van der Waals surface area contributed by atoms with Crippen LogP contribution in [0.4, 0.5) is 5.82 Å². The number of para-hydroxylation sites is 1. The molecule has 43 heavy (non-hydrogen) atoms. The van der Waals surface area contributed by atoms with Crippen molar-refractivity contribution in [2.24, 2.45) is 5.92 Å². The Morgan fingerprint density at radius 3 is 2.16 bits per heavy atom. The molecule has 4 aromatic rings. The fraction of sp³-hybridized carbons (Fsp3) is 0.429. The average Bonchev–Trinajstić information content (AvgIpc) is 2.98. The molecule has 0 aliphatic carbocycles. The summed E-state index contributed by atoms with van der Waals surface area (Å²) in [4.78, 5) is 17.5. The number of anilines is 1. The van der Waals surface area contributed by atoms with Crippen molar-refractivity contribution < 1.29 is 0 Å². The number of rotatable bonds is 12. The number of hydrogen-bond donors (Lipinski definition) is 1. The van der Waals surface area contributed by atoms with Gasteiger partial charge in [0.1, 0.15) is 11.6 Å². The number of nitrogens with zero attached hydrogens (tertiary/aromatic N) is 5. The van der Waals surface area contributed by atoms with Crippen LogP contribution in [0.3, 0.4) is 0 Å². The van der Waals surface area contributed by atoms with Crippen molar-refractivity contribution in [3.63, 3.8) is 0 Å². The van der Waals surface area contributed by atoms with Gasteiger partial charge in [-0.2, -0.15) is 0 Å². The van der Waals surface area contributed by atoms with Gasteiger partial charge in [-0.3, -0.25) is 9.80 Å². The summed E-state index contributed by atoms with van der Waals surface area (Å²) in [5.74, 6) is 2.38. The molecule has 8 heteroatoms. The normalized spacial score (nSPS) is 16.5. The maximum absolute atomic E-state index is 6.28. The summed E-state index contributed by atoms with van der Waals surface area (Å²) < 4.78 is 0. The van der Waals surface area contributed by atoms with Gasteiger partial charge in [-0.25, -0.2) is 9.97 Å². The van der Waals surface area contributed by atoms with E-state index in [1.54, 1.807) is 0 Å². The van der Waals surface area contributed by atoms with Crippen molar-refractivity contribution in [1.82, 2.24) is 24.7 Å². The van der Waals surface area contributed by atoms with Gasteiger partial charge in [0.05, 0.1) is 18.1 Å². The molecule has 1 saturated heterocycles. The number of fused-ring (bicyclic) bond motifs is 1. The second kappa shape index (κ2) is 14.8. The lowest BCUT2D eigenvalue weighted by Gasteiger charge is -2.45. The molecule has 228 valence electrons. The molecule has 2 heterocycles. The van der Waals surface area contributed by atoms with Gasteiger partial charge in [0.2, 0.25) is 0 Å². The van der Waals surface area contributed by atoms with Crippen molar-refractivity contribution in [1.29, 1.82) is 0 Å². The quantitative estimate of drug-likeness (QED) is 0.165. The zero-order valence-corrected chi connectivity index (χ0v) is 27.3. The molecule has 5 rings (SSSR count). The molecule has 0 spiro atoms. The summed E-state index contributed by atoms with van der Waals surface area (Å²) >= 11 is 12.6. The van der Waals surface area contributed by atoms with E-state index in [1.165, 1.54) is 11.1 Å². The highest BCUT2D eigenvalue weighted by molar-refractivity contribution is 6.30. The Morgan fingerprint density at radius 2 is 1.53 bits per heavy atom. The number of piperazine rings is 1. The third-order valence-electron chi connectivity index (χ3n) is 8.18. The molecule has 0 radical (unpaired) electrons. The van der Waals surface area contributed by atoms with E-state index in [0.29, 0.717) is 12.0 Å². The SMILES string of the molecule is CC(C)C[C@H]1CN(C(c2ccc(Cl)cc2)c2ccc(Cl)cc2)CCN1Cc1nc(NCCCN(C)C)c2ccccc2n1. The first-order valence-corrected chi connectivity index (χ1v) is 16.2. The van der Waals surface area contributed by atoms with Crippen LogP contribution in [-0.2, 0) is 6.54 Å². The summed E-state index contributed by atoms with van der Waals surface area (Å²) in [6, 6.07) is 25.4. The number of aromatic nitrogens is 2. The summed E-state index contributed by atoms with van der Waals surface area (Å²) in [5.41, 5.74) is 3.48. The second-order valence-corrected chi connectivity index (χ2v) is 13.2. The second-order valence-electron chi connectivity index (χ2n) is 12.3. The van der Waals surface area contributed by atoms with Crippen LogP contribution in [0, 0.1) is 5.92 Å². The van der Waals surface area contributed by atoms with Gasteiger partial charge in [-0.15, -0.1) is 0 Å². The molecule has 0 unspecified atom stereocenters. The van der Waals surface area contributed by atoms with Crippen LogP contribution in [0.1, 0.15) is 49.7 Å². The van der Waals surface area contributed by atoms with Gasteiger partial charge >= 0.3 is 0 Å². The van der Waals surface area contributed by atoms with E-state index in [0.717, 1.165) is 84.7 Å². The smallest absolute Gasteiger partial charge is 0.145 e. The van der Waals surface area contributed by atoms with E-state index in [-0.39, 0.29) is 6.04 Å². The Bertz CT molecular complexity index is 1410. The lowest BCUT2D eigenvalue weighted by Crippen LogP contribution is -2.54. The van der Waals surface area contributed by atoms with Crippen molar-refractivity contribution in [3.8, 4) is 0 Å². The Balaban J connectivity index is 1.39. The summed E-state index contributed by atoms with van der Waals surface area (Å²) in [6.07, 6.45) is 2.16. The Morgan fingerprint density at radius 1 is 0.884 bits per heavy atom. The van der Waals surface area contributed by atoms with Gasteiger partial charge < -0.3 is 10.2 Å². The zero-order chi connectivity index (χ0) is 30.3. The molecular weight excluding hydrogens is 575 g/mol. The van der Waals surface area contributed by atoms with Crippen LogP contribution in [0.2, 0.25) is 10.0 Å². The maximum atomic E-state index is 6.28. The van der Waals surface area contributed by atoms with Crippen LogP contribution < -0.4 is 5.32 Å². The summed E-state index contributed by atoms with van der Waals surface area (Å²) in [7, 11) is 4.22. The van der Waals surface area contributed by atoms with Crippen LogP contribution in [-0.4, -0.2) is 77.5 Å². The predicted molar refractivity (Wildman–Crippen MR) is 181 cm³/mol. The molecule has 1 fully saturated rings. The Labute approximate surface area is 267 Å². The summed E-state index contributed by atoms with van der Waals surface area (Å²) in [6.45, 7) is 10.1. The third-order valence-corrected chi connectivity index (χ3v) is 8.69. The molecule has 3 aromatic carbocycles. The van der Waals surface area contributed by atoms with E-state index in [2.05, 4.69) is 96.5 Å². The van der Waals surface area contributed by atoms with Crippen molar-refractivity contribution in [3.05, 3.63) is 99.8 Å². The van der Waals surface area contributed by atoms with Gasteiger partial charge in [0, 0.05) is 47.7 Å². The standard InChI is InChI=1S/C35H44Cl2N6/c1-25(2)22-30-23-43(34(26-10-14-28(36)15-11-26)27-12-16-29(37)17-13-27)21-20-42(30)24-33-39-32-9-6-5-8-31(32)35(40-33)38-18-7-19-41(3)4/h5-6,8-17,25,30,34H,7,18-24H2,1-4H3,(H,38,39,40)/t30-/m0/s1. The Hall–Kier alpha value is -2.74. The number of nitrogens with one attached hydrogen (secondary N) is 1. The predicted octanol–water partition coefficient (Wildman–Crippen LogP) is 7.62. The van der Waals surface area contributed by atoms with Gasteiger partial charge in [0.25, 0.3) is 0 Å². The number of hydrogen-bond acceptors (Lipinski definition) is 6. The molecule has 1 aliphatic rings. The van der Waals surface area contributed by atoms with Crippen molar-refractivity contribution >= 4 is 39.9 Å². The monoisotopic (exact) mass is 618 g/mol. The lowest BCUT2D eigenvalue weighted by atomic mass is 9.93. The van der Waals surface area contributed by atoms with Crippen LogP contribution in [0.25, 0.3) is 10.9 Å². The first kappa shape index (κ1) is 31.7. The molecule has 1 N–H and O–H groups in total. The minimum absolute atomic E-state index is 0.126. The minimum Gasteiger partial charge on any atom is -0.369 e. The van der Waals surface area contributed by atoms with E-state index < -0.39 is 0 Å². The first-order valence-electron chi connectivity index (χ1n) is 15.4. The topological polar surface area (TPSA) is 47.5 Å². The molecular formula is C35H44Cl2N6. The van der Waals surface area contributed by atoms with Crippen LogP contribution >= 0.6 is 23.2 Å². The molecule has 0 amide bonds. The van der Waals surface area contributed by atoms with Crippen LogP contribution in [0.15, 0.2) is 72.8 Å². The molecule has 1 atom stereocenters. The highest BCUT2D eigenvalue weighted by Crippen LogP contribution is 2.33. The minimum atomic E-state index is 0.126. The maximum Gasteiger partial charge on any atom is 0.145 e. The molecule has 0 bridgehead atoms. The van der Waals surface area contributed by atoms with Crippen molar-refractivity contribution in [2.75, 3.05) is 52.1 Å². The number of benzene rings is 3. The average molecular weight is 620 g/mol. The van der Waals surface area contributed by atoms with E-state index in [9.17, 15) is 0 Å². The van der Waals surface area contributed by atoms with Gasteiger partial charge in [-0.1, -0.05) is 73.4 Å². The Kier molecular flexibility index (Phi) is 10.9. The van der Waals surface area contributed by atoms with Crippen molar-refractivity contribution in [2.45, 2.75) is 45.3 Å². The molecule has 0 saturated carbocycles. The molecule has 1 aromatic heterocycles. The highest BCUT2D eigenvalue weighted by Gasteiger charge is 2.33. The van der Waals surface area contributed by atoms with Gasteiger partial charge in [0.15, 0.2) is 0 Å². The first-order chi connectivity index (χ1) is 20.8. The highest BCUT2D eigenvalue weighted by atomic mass is 35.5. The number of halogens is 2. The fourth-order valence-electron chi connectivity index (χ4n) is 6.15. The lowest BCUT2D eigenvalue weighted by molar-refractivity contribution is 0.0402. The van der Waals surface area contributed by atoms with Crippen LogP contribution in [0.5, 0.6) is 0 Å². The van der Waals surface area contributed by atoms with Gasteiger partial charge in [-0.05, 0) is 86.9 Å². The van der Waals surface area contributed by atoms with E-state index >= 15 is 0 Å². The fourth-order valence-corrected chi connectivity index (χ4v) is 6.40. The molecule has 6 nitrogen and oxygen atoms in total. The summed E-state index contributed by atoms with van der Waals surface area (Å²) in [5, 5.41) is 6.19.